The lowest BCUT2D eigenvalue weighted by atomic mass is 9.88. The van der Waals surface area contributed by atoms with Gasteiger partial charge in [-0.2, -0.15) is 0 Å². The summed E-state index contributed by atoms with van der Waals surface area (Å²) < 4.78 is 7.26. The molecule has 4 rings (SSSR count). The lowest BCUT2D eigenvalue weighted by Gasteiger charge is -2.35. The van der Waals surface area contributed by atoms with E-state index in [4.69, 9.17) is 4.74 Å². The highest BCUT2D eigenvalue weighted by Gasteiger charge is 2.30. The van der Waals surface area contributed by atoms with Gasteiger partial charge in [0.05, 0.1) is 7.11 Å². The molecule has 0 spiro atoms. The smallest absolute Gasteiger partial charge is 0.324 e. The van der Waals surface area contributed by atoms with Crippen LogP contribution in [0.5, 0.6) is 5.75 Å². The van der Waals surface area contributed by atoms with Crippen LogP contribution in [-0.4, -0.2) is 48.0 Å². The molecule has 162 valence electrons. The molecule has 0 bridgehead atoms. The van der Waals surface area contributed by atoms with Crippen LogP contribution in [0.2, 0.25) is 0 Å². The Hall–Kier alpha value is -3.28. The molecule has 6 nitrogen and oxygen atoms in total. The fourth-order valence-electron chi connectivity index (χ4n) is 4.36. The molecule has 0 unspecified atom stereocenters. The summed E-state index contributed by atoms with van der Waals surface area (Å²) in [6.07, 6.45) is 3.39. The van der Waals surface area contributed by atoms with Crippen LogP contribution < -0.4 is 9.64 Å². The van der Waals surface area contributed by atoms with Crippen LogP contribution in [0.25, 0.3) is 10.9 Å². The summed E-state index contributed by atoms with van der Waals surface area (Å²) in [7, 11) is 3.63. The van der Waals surface area contributed by atoms with Gasteiger partial charge in [0.25, 0.3) is 0 Å². The minimum Gasteiger partial charge on any atom is -0.497 e. The Labute approximate surface area is 183 Å². The van der Waals surface area contributed by atoms with Gasteiger partial charge in [0.1, 0.15) is 5.75 Å². The topological polar surface area (TPSA) is 54.8 Å². The Bertz CT molecular complexity index is 1080. The highest BCUT2D eigenvalue weighted by atomic mass is 16.5. The molecule has 0 atom stereocenters. The van der Waals surface area contributed by atoms with Crippen LogP contribution in [0.15, 0.2) is 54.7 Å². The zero-order chi connectivity index (χ0) is 22.0. The summed E-state index contributed by atoms with van der Waals surface area (Å²) in [5.74, 6) is 0.905. The molecule has 1 fully saturated rings. The van der Waals surface area contributed by atoms with Crippen molar-refractivity contribution in [2.75, 3.05) is 31.6 Å². The van der Waals surface area contributed by atoms with E-state index in [0.717, 1.165) is 27.9 Å². The van der Waals surface area contributed by atoms with Gasteiger partial charge in [-0.05, 0) is 68.3 Å². The zero-order valence-corrected chi connectivity index (χ0v) is 18.4. The number of anilines is 1. The number of fused-ring (bicyclic) bond motifs is 1. The molecule has 0 N–H and O–H groups in total. The molecule has 6 heteroatoms. The van der Waals surface area contributed by atoms with E-state index in [-0.39, 0.29) is 17.7 Å². The molecule has 1 saturated heterocycles. The van der Waals surface area contributed by atoms with Gasteiger partial charge in [0, 0.05) is 61.0 Å². The van der Waals surface area contributed by atoms with Crippen LogP contribution in [0.3, 0.4) is 0 Å². The molecule has 1 aromatic heterocycles. The molecule has 2 amide bonds. The third-order valence-electron chi connectivity index (χ3n) is 6.24. The SMILES string of the molecule is CCN(C(=O)N1CCC(C(=O)c2ccc3c(ccn3C)c2)CC1)c1ccc(OC)cc1. The highest BCUT2D eigenvalue weighted by molar-refractivity contribution is 6.01. The van der Waals surface area contributed by atoms with Crippen molar-refractivity contribution in [1.29, 1.82) is 0 Å². The number of piperidine rings is 1. The van der Waals surface area contributed by atoms with E-state index in [1.807, 2.05) is 73.6 Å². The number of rotatable bonds is 5. The number of nitrogens with zero attached hydrogens (tertiary/aromatic N) is 3. The number of amides is 2. The first-order chi connectivity index (χ1) is 15.0. The second kappa shape index (κ2) is 8.84. The molecular formula is C25H29N3O3. The number of methoxy groups -OCH3 is 1. The van der Waals surface area contributed by atoms with E-state index in [0.29, 0.717) is 32.5 Å². The minimum absolute atomic E-state index is 0.00993. The first kappa shape index (κ1) is 21.0. The van der Waals surface area contributed by atoms with E-state index < -0.39 is 0 Å². The van der Waals surface area contributed by atoms with Crippen LogP contribution >= 0.6 is 0 Å². The Morgan fingerprint density at radius 3 is 2.42 bits per heavy atom. The lowest BCUT2D eigenvalue weighted by molar-refractivity contribution is 0.0857. The molecular weight excluding hydrogens is 390 g/mol. The van der Waals surface area contributed by atoms with Crippen molar-refractivity contribution in [2.24, 2.45) is 13.0 Å². The molecule has 1 aliphatic rings. The van der Waals surface area contributed by atoms with Gasteiger partial charge in [-0.3, -0.25) is 9.69 Å². The fraction of sp³-hybridized carbons (Fsp3) is 0.360. The van der Waals surface area contributed by atoms with Gasteiger partial charge in [-0.15, -0.1) is 0 Å². The van der Waals surface area contributed by atoms with Gasteiger partial charge in [0.15, 0.2) is 5.78 Å². The van der Waals surface area contributed by atoms with Crippen molar-refractivity contribution in [3.63, 3.8) is 0 Å². The van der Waals surface area contributed by atoms with Crippen molar-refractivity contribution >= 4 is 28.4 Å². The number of aromatic nitrogens is 1. The maximum atomic E-state index is 13.1. The van der Waals surface area contributed by atoms with Crippen molar-refractivity contribution in [1.82, 2.24) is 9.47 Å². The first-order valence-electron chi connectivity index (χ1n) is 10.8. The predicted octanol–water partition coefficient (Wildman–Crippen LogP) is 4.73. The number of ketones is 1. The number of aryl methyl sites for hydroxylation is 1. The monoisotopic (exact) mass is 419 g/mol. The first-order valence-corrected chi connectivity index (χ1v) is 10.8. The number of likely N-dealkylation sites (tertiary alicyclic amines) is 1. The zero-order valence-electron chi connectivity index (χ0n) is 18.4. The van der Waals surface area contributed by atoms with E-state index in [2.05, 4.69) is 4.57 Å². The molecule has 1 aliphatic heterocycles. The predicted molar refractivity (Wildman–Crippen MR) is 123 cm³/mol. The third-order valence-corrected chi connectivity index (χ3v) is 6.24. The minimum atomic E-state index is -0.0405. The summed E-state index contributed by atoms with van der Waals surface area (Å²) in [5.41, 5.74) is 2.73. The third kappa shape index (κ3) is 4.15. The van der Waals surface area contributed by atoms with Gasteiger partial charge < -0.3 is 14.2 Å². The number of urea groups is 1. The number of hydrogen-bond acceptors (Lipinski definition) is 3. The van der Waals surface area contributed by atoms with Crippen LogP contribution in [-0.2, 0) is 7.05 Å². The number of benzene rings is 2. The molecule has 3 aromatic rings. The van der Waals surface area contributed by atoms with Gasteiger partial charge in [-0.25, -0.2) is 4.79 Å². The Balaban J connectivity index is 1.40. The Morgan fingerprint density at radius 1 is 1.06 bits per heavy atom. The van der Waals surface area contributed by atoms with Crippen molar-refractivity contribution in [3.05, 3.63) is 60.3 Å². The molecule has 2 aromatic carbocycles. The van der Waals surface area contributed by atoms with E-state index in [1.165, 1.54) is 0 Å². The molecule has 2 heterocycles. The summed E-state index contributed by atoms with van der Waals surface area (Å²) in [4.78, 5) is 29.8. The van der Waals surface area contributed by atoms with E-state index in [9.17, 15) is 9.59 Å². The van der Waals surface area contributed by atoms with Crippen molar-refractivity contribution in [2.45, 2.75) is 19.8 Å². The molecule has 0 saturated carbocycles. The van der Waals surface area contributed by atoms with Gasteiger partial charge in [0.2, 0.25) is 0 Å². The second-order valence-electron chi connectivity index (χ2n) is 8.05. The highest BCUT2D eigenvalue weighted by Crippen LogP contribution is 2.26. The standard InChI is InChI=1S/C25H29N3O3/c1-4-28(21-6-8-22(31-3)9-7-21)25(30)27-15-12-18(13-16-27)24(29)20-5-10-23-19(17-20)11-14-26(23)2/h5-11,14,17-18H,4,12-13,15-16H2,1-3H3. The Morgan fingerprint density at radius 2 is 1.77 bits per heavy atom. The van der Waals surface area contributed by atoms with Crippen LogP contribution in [0.4, 0.5) is 10.5 Å². The average Bonchev–Trinajstić information content (AvgIpc) is 3.19. The summed E-state index contributed by atoms with van der Waals surface area (Å²) >= 11 is 0. The number of Topliss-reactive ketones (excluding diaryl/α,β-unsaturated/α-hetero) is 1. The summed E-state index contributed by atoms with van der Waals surface area (Å²) in [5, 5.41) is 1.08. The molecule has 0 radical (unpaired) electrons. The van der Waals surface area contributed by atoms with Gasteiger partial charge in [-0.1, -0.05) is 0 Å². The van der Waals surface area contributed by atoms with Crippen molar-refractivity contribution in [3.8, 4) is 5.75 Å². The molecule has 31 heavy (non-hydrogen) atoms. The van der Waals surface area contributed by atoms with Crippen LogP contribution in [0.1, 0.15) is 30.1 Å². The number of carbonyl (C=O) groups excluding carboxylic acids is 2. The van der Waals surface area contributed by atoms with E-state index >= 15 is 0 Å². The van der Waals surface area contributed by atoms with Crippen LogP contribution in [0, 0.1) is 5.92 Å². The Kier molecular flexibility index (Phi) is 5.98. The van der Waals surface area contributed by atoms with E-state index in [1.54, 1.807) is 12.0 Å². The molecule has 0 aliphatic carbocycles. The normalized spacial score (nSPS) is 14.6. The quantitative estimate of drug-likeness (QED) is 0.562. The number of ether oxygens (including phenoxy) is 1. The van der Waals surface area contributed by atoms with Gasteiger partial charge >= 0.3 is 6.03 Å². The maximum Gasteiger partial charge on any atom is 0.324 e. The summed E-state index contributed by atoms with van der Waals surface area (Å²) in [6, 6.07) is 15.5. The average molecular weight is 420 g/mol. The maximum absolute atomic E-state index is 13.1. The largest absolute Gasteiger partial charge is 0.497 e. The fourth-order valence-corrected chi connectivity index (χ4v) is 4.36. The number of hydrogen-bond donors (Lipinski definition) is 0. The summed E-state index contributed by atoms with van der Waals surface area (Å²) in [6.45, 7) is 3.74. The lowest BCUT2D eigenvalue weighted by Crippen LogP contribution is -2.47. The second-order valence-corrected chi connectivity index (χ2v) is 8.05. The number of carbonyl (C=O) groups is 2. The van der Waals surface area contributed by atoms with Crippen molar-refractivity contribution < 1.29 is 14.3 Å².